The fraction of sp³-hybridized carbons (Fsp3) is 0.763. The quantitative estimate of drug-likeness (QED) is 0.0267. The largest absolute Gasteiger partial charge is 0.420 e. The van der Waals surface area contributed by atoms with Crippen molar-refractivity contribution in [2.45, 2.75) is 122 Å². The third-order valence-corrected chi connectivity index (χ3v) is 9.37. The van der Waals surface area contributed by atoms with E-state index in [0.717, 1.165) is 25.9 Å². The van der Waals surface area contributed by atoms with Crippen molar-refractivity contribution in [3.05, 3.63) is 29.3 Å². The lowest BCUT2D eigenvalue weighted by molar-refractivity contribution is -0.137. The van der Waals surface area contributed by atoms with E-state index in [2.05, 4.69) is 28.5 Å². The summed E-state index contributed by atoms with van der Waals surface area (Å²) in [7, 11) is 2.21. The SMILES string of the molecule is CCCCCCCCCCCCCCCC(=O)N1CCC2(CC1)CN(C)C2.O=CCCOCCOCCC(=O)Oc1c(F)c(F)cc(F)c1F. The molecular weight excluding hydrogens is 656 g/mol. The van der Waals surface area contributed by atoms with Crippen LogP contribution in [0.1, 0.15) is 122 Å². The summed E-state index contributed by atoms with van der Waals surface area (Å²) in [5.41, 5.74) is 0.557. The summed E-state index contributed by atoms with van der Waals surface area (Å²) in [4.78, 5) is 38.3. The summed E-state index contributed by atoms with van der Waals surface area (Å²) >= 11 is 0. The molecule has 0 N–H and O–H groups in total. The van der Waals surface area contributed by atoms with Gasteiger partial charge in [-0.25, -0.2) is 8.78 Å². The van der Waals surface area contributed by atoms with Crippen molar-refractivity contribution in [2.24, 2.45) is 5.41 Å². The smallest absolute Gasteiger partial charge is 0.313 e. The van der Waals surface area contributed by atoms with Gasteiger partial charge in [0, 0.05) is 45.1 Å². The van der Waals surface area contributed by atoms with E-state index in [9.17, 15) is 31.9 Å². The van der Waals surface area contributed by atoms with Crippen LogP contribution in [0.2, 0.25) is 0 Å². The van der Waals surface area contributed by atoms with Crippen LogP contribution in [0.25, 0.3) is 0 Å². The molecule has 2 heterocycles. The van der Waals surface area contributed by atoms with E-state index in [0.29, 0.717) is 17.6 Å². The average molecular weight is 717 g/mol. The molecule has 1 spiro atoms. The molecule has 2 fully saturated rings. The number of unbranched alkanes of at least 4 members (excludes halogenated alkanes) is 12. The molecule has 12 heteroatoms. The average Bonchev–Trinajstić information content (AvgIpc) is 3.09. The molecule has 2 aliphatic heterocycles. The molecule has 1 aromatic rings. The lowest BCUT2D eigenvalue weighted by Gasteiger charge is -2.52. The minimum Gasteiger partial charge on any atom is -0.420 e. The van der Waals surface area contributed by atoms with Crippen molar-refractivity contribution < 1.29 is 46.2 Å². The molecule has 286 valence electrons. The summed E-state index contributed by atoms with van der Waals surface area (Å²) in [5, 5.41) is 0. The zero-order chi connectivity index (χ0) is 36.6. The van der Waals surface area contributed by atoms with E-state index < -0.39 is 35.0 Å². The van der Waals surface area contributed by atoms with E-state index in [1.165, 1.54) is 103 Å². The Labute approximate surface area is 296 Å². The van der Waals surface area contributed by atoms with Crippen molar-refractivity contribution in [3.8, 4) is 5.75 Å². The number of amides is 1. The molecule has 2 aliphatic rings. The Morgan fingerprint density at radius 2 is 1.24 bits per heavy atom. The van der Waals surface area contributed by atoms with E-state index in [-0.39, 0.29) is 45.3 Å². The van der Waals surface area contributed by atoms with Crippen LogP contribution in [-0.4, -0.2) is 87.6 Å². The fourth-order valence-corrected chi connectivity index (χ4v) is 6.51. The Morgan fingerprint density at radius 1 is 0.740 bits per heavy atom. The van der Waals surface area contributed by atoms with Gasteiger partial charge in [0.05, 0.1) is 32.8 Å². The number of hydrogen-bond donors (Lipinski definition) is 0. The summed E-state index contributed by atoms with van der Waals surface area (Å²) in [6.07, 6.45) is 21.6. The molecule has 50 heavy (non-hydrogen) atoms. The Bertz CT molecular complexity index is 1100. The number of carbonyl (C=O) groups is 3. The molecule has 3 rings (SSSR count). The van der Waals surface area contributed by atoms with Crippen LogP contribution in [0.15, 0.2) is 6.07 Å². The number of nitrogens with zero attached hydrogens (tertiary/aromatic N) is 2. The van der Waals surface area contributed by atoms with Crippen LogP contribution < -0.4 is 4.74 Å². The number of esters is 1. The van der Waals surface area contributed by atoms with Gasteiger partial charge in [0.15, 0.2) is 11.6 Å². The number of ether oxygens (including phenoxy) is 3. The summed E-state index contributed by atoms with van der Waals surface area (Å²) in [5.74, 6) is -9.05. The number of halogens is 4. The standard InChI is InChI=1S/C24H46N2O.C14H14F4O5/c1-3-4-5-6-7-8-9-10-11-12-13-14-15-16-23(27)26-19-17-24(18-20-26)21-25(2)22-24;15-9-8-10(16)13(18)14(12(9)17)23-11(20)2-5-22-7-6-21-4-1-3-19/h3-22H2,1-2H3;3,8H,1-2,4-7H2. The number of benzene rings is 1. The van der Waals surface area contributed by atoms with Crippen LogP contribution in [-0.2, 0) is 23.9 Å². The first-order valence-corrected chi connectivity index (χ1v) is 18.7. The van der Waals surface area contributed by atoms with E-state index in [1.54, 1.807) is 0 Å². The molecule has 0 saturated carbocycles. The van der Waals surface area contributed by atoms with Crippen molar-refractivity contribution in [2.75, 3.05) is 59.7 Å². The molecule has 1 aromatic carbocycles. The van der Waals surface area contributed by atoms with Crippen LogP contribution in [0.3, 0.4) is 0 Å². The van der Waals surface area contributed by atoms with Gasteiger partial charge in [-0.3, -0.25) is 9.59 Å². The summed E-state index contributed by atoms with van der Waals surface area (Å²) in [6, 6.07) is 0.00965. The van der Waals surface area contributed by atoms with Crippen molar-refractivity contribution in [3.63, 3.8) is 0 Å². The molecule has 2 saturated heterocycles. The topological polar surface area (TPSA) is 85.4 Å². The van der Waals surface area contributed by atoms with Gasteiger partial charge in [0.1, 0.15) is 6.29 Å². The van der Waals surface area contributed by atoms with Gasteiger partial charge in [-0.2, -0.15) is 8.78 Å². The maximum absolute atomic E-state index is 13.3. The Balaban J connectivity index is 0.000000352. The number of piperidine rings is 1. The molecular formula is C38H60F4N2O6. The van der Waals surface area contributed by atoms with Crippen LogP contribution >= 0.6 is 0 Å². The van der Waals surface area contributed by atoms with Gasteiger partial charge < -0.3 is 28.8 Å². The predicted molar refractivity (Wildman–Crippen MR) is 185 cm³/mol. The molecule has 0 atom stereocenters. The van der Waals surface area contributed by atoms with E-state index >= 15 is 0 Å². The zero-order valence-corrected chi connectivity index (χ0v) is 30.4. The third kappa shape index (κ3) is 17.1. The van der Waals surface area contributed by atoms with Gasteiger partial charge in [-0.05, 0) is 31.7 Å². The van der Waals surface area contributed by atoms with Gasteiger partial charge in [0.25, 0.3) is 0 Å². The first kappa shape index (κ1) is 43.6. The summed E-state index contributed by atoms with van der Waals surface area (Å²) < 4.78 is 66.6. The van der Waals surface area contributed by atoms with Gasteiger partial charge in [-0.1, -0.05) is 84.0 Å². The zero-order valence-electron chi connectivity index (χ0n) is 30.4. The molecule has 0 aliphatic carbocycles. The second kappa shape index (κ2) is 25.4. The van der Waals surface area contributed by atoms with Crippen LogP contribution in [0.4, 0.5) is 17.6 Å². The maximum Gasteiger partial charge on any atom is 0.313 e. The van der Waals surface area contributed by atoms with Crippen molar-refractivity contribution >= 4 is 18.2 Å². The minimum atomic E-state index is -1.79. The first-order valence-electron chi connectivity index (χ1n) is 18.7. The van der Waals surface area contributed by atoms with E-state index in [4.69, 9.17) is 9.47 Å². The molecule has 8 nitrogen and oxygen atoms in total. The molecule has 0 radical (unpaired) electrons. The number of aldehydes is 1. The minimum absolute atomic E-state index is 0.00965. The number of hydrogen-bond acceptors (Lipinski definition) is 7. The number of rotatable bonds is 24. The lowest BCUT2D eigenvalue weighted by atomic mass is 9.72. The second-order valence-electron chi connectivity index (χ2n) is 13.7. The summed E-state index contributed by atoms with van der Waals surface area (Å²) in [6.45, 7) is 7.21. The third-order valence-electron chi connectivity index (χ3n) is 9.37. The Morgan fingerprint density at radius 3 is 1.74 bits per heavy atom. The highest BCUT2D eigenvalue weighted by atomic mass is 19.2. The molecule has 0 unspecified atom stereocenters. The Kier molecular flexibility index (Phi) is 22.1. The number of likely N-dealkylation sites (tertiary alicyclic amines) is 2. The van der Waals surface area contributed by atoms with Crippen molar-refractivity contribution in [1.29, 1.82) is 0 Å². The number of carbonyl (C=O) groups excluding carboxylic acids is 3. The lowest BCUT2D eigenvalue weighted by Crippen LogP contribution is -2.59. The molecule has 0 bridgehead atoms. The maximum atomic E-state index is 13.3. The van der Waals surface area contributed by atoms with Crippen LogP contribution in [0.5, 0.6) is 5.75 Å². The van der Waals surface area contributed by atoms with Gasteiger partial charge >= 0.3 is 5.97 Å². The highest BCUT2D eigenvalue weighted by Gasteiger charge is 2.43. The van der Waals surface area contributed by atoms with E-state index in [1.807, 2.05) is 0 Å². The fourth-order valence-electron chi connectivity index (χ4n) is 6.51. The molecule has 0 aromatic heterocycles. The van der Waals surface area contributed by atoms with Crippen LogP contribution in [0, 0.1) is 28.7 Å². The molecule has 1 amide bonds. The normalized spacial score (nSPS) is 15.4. The Hall–Kier alpha value is -2.57. The highest BCUT2D eigenvalue weighted by molar-refractivity contribution is 5.76. The predicted octanol–water partition coefficient (Wildman–Crippen LogP) is 8.18. The highest BCUT2D eigenvalue weighted by Crippen LogP contribution is 2.39. The first-order chi connectivity index (χ1) is 24.1. The van der Waals surface area contributed by atoms with Gasteiger partial charge in [0.2, 0.25) is 23.3 Å². The second-order valence-corrected chi connectivity index (χ2v) is 13.7. The van der Waals surface area contributed by atoms with Gasteiger partial charge in [-0.15, -0.1) is 0 Å². The monoisotopic (exact) mass is 716 g/mol. The van der Waals surface area contributed by atoms with Crippen molar-refractivity contribution in [1.82, 2.24) is 9.80 Å².